The van der Waals surface area contributed by atoms with E-state index in [1.54, 1.807) is 0 Å². The molecule has 1 N–H and O–H groups in total. The molecule has 18 heavy (non-hydrogen) atoms. The summed E-state index contributed by atoms with van der Waals surface area (Å²) >= 11 is 0. The molecule has 0 aromatic carbocycles. The maximum Gasteiger partial charge on any atom is 0.341 e. The molecule has 0 saturated heterocycles. The Labute approximate surface area is 104 Å². The van der Waals surface area contributed by atoms with Crippen molar-refractivity contribution in [2.45, 2.75) is 19.6 Å². The van der Waals surface area contributed by atoms with Gasteiger partial charge >= 0.3 is 5.97 Å². The quantitative estimate of drug-likeness (QED) is 0.753. The minimum absolute atomic E-state index is 0.0486. The summed E-state index contributed by atoms with van der Waals surface area (Å²) in [6.45, 7) is 1.42. The van der Waals surface area contributed by atoms with Crippen LogP contribution in [0.4, 0.5) is 0 Å². The first kappa shape index (κ1) is 14.4. The van der Waals surface area contributed by atoms with Gasteiger partial charge < -0.3 is 9.67 Å². The second-order valence-electron chi connectivity index (χ2n) is 3.80. The van der Waals surface area contributed by atoms with E-state index in [1.165, 1.54) is 25.3 Å². The summed E-state index contributed by atoms with van der Waals surface area (Å²) in [5.41, 5.74) is -1.07. The number of carboxylic acids is 1. The molecule has 0 fully saturated rings. The number of hydrogen-bond donors (Lipinski definition) is 1. The summed E-state index contributed by atoms with van der Waals surface area (Å²) in [6.07, 6.45) is 1.51. The van der Waals surface area contributed by atoms with Gasteiger partial charge in [-0.05, 0) is 19.1 Å². The third-order valence-electron chi connectivity index (χ3n) is 2.04. The molecule has 0 bridgehead atoms. The molecule has 0 amide bonds. The number of hydrogen-bond acceptors (Lipinski definition) is 5. The average Bonchev–Trinajstić information content (AvgIpc) is 2.17. The molecular formula is C10H13NO6S. The Kier molecular flexibility index (Phi) is 4.25. The molecule has 0 spiro atoms. The van der Waals surface area contributed by atoms with E-state index in [2.05, 4.69) is 4.18 Å². The molecule has 1 aromatic heterocycles. The molecule has 0 aliphatic heterocycles. The van der Waals surface area contributed by atoms with Crippen LogP contribution in [0, 0.1) is 0 Å². The van der Waals surface area contributed by atoms with E-state index in [-0.39, 0.29) is 12.1 Å². The SMILES string of the molecule is CC(Cn1cccc(C(=O)O)c1=O)OS(C)(=O)=O. The van der Waals surface area contributed by atoms with Crippen LogP contribution in [0.5, 0.6) is 0 Å². The van der Waals surface area contributed by atoms with Crippen LogP contribution in [0.25, 0.3) is 0 Å². The van der Waals surface area contributed by atoms with Gasteiger partial charge in [-0.15, -0.1) is 0 Å². The number of aromatic carboxylic acids is 1. The molecule has 0 aliphatic rings. The van der Waals surface area contributed by atoms with Gasteiger partial charge in [0.2, 0.25) is 0 Å². The maximum atomic E-state index is 11.7. The lowest BCUT2D eigenvalue weighted by atomic mass is 10.2. The largest absolute Gasteiger partial charge is 0.477 e. The molecule has 0 radical (unpaired) electrons. The molecule has 7 nitrogen and oxygen atoms in total. The zero-order valence-electron chi connectivity index (χ0n) is 9.86. The molecule has 8 heteroatoms. The van der Waals surface area contributed by atoms with E-state index < -0.39 is 27.8 Å². The van der Waals surface area contributed by atoms with Crippen LogP contribution in [0.3, 0.4) is 0 Å². The van der Waals surface area contributed by atoms with E-state index in [0.717, 1.165) is 10.8 Å². The van der Waals surface area contributed by atoms with Gasteiger partial charge in [-0.2, -0.15) is 8.42 Å². The Bertz CT molecular complexity index is 603. The first-order valence-electron chi connectivity index (χ1n) is 5.01. The Morgan fingerprint density at radius 2 is 2.17 bits per heavy atom. The summed E-state index contributed by atoms with van der Waals surface area (Å²) in [6, 6.07) is 2.58. The lowest BCUT2D eigenvalue weighted by molar-refractivity contribution is 0.0693. The van der Waals surface area contributed by atoms with Gasteiger partial charge in [-0.1, -0.05) is 0 Å². The van der Waals surface area contributed by atoms with Gasteiger partial charge in [0.05, 0.1) is 18.9 Å². The van der Waals surface area contributed by atoms with Crippen LogP contribution in [-0.2, 0) is 20.8 Å². The first-order valence-corrected chi connectivity index (χ1v) is 6.83. The van der Waals surface area contributed by atoms with E-state index in [1.807, 2.05) is 0 Å². The average molecular weight is 275 g/mol. The maximum absolute atomic E-state index is 11.7. The Balaban J connectivity index is 2.96. The summed E-state index contributed by atoms with van der Waals surface area (Å²) in [4.78, 5) is 22.4. The third-order valence-corrected chi connectivity index (χ3v) is 2.72. The van der Waals surface area contributed by atoms with Crippen molar-refractivity contribution in [2.75, 3.05) is 6.26 Å². The zero-order valence-corrected chi connectivity index (χ0v) is 10.7. The van der Waals surface area contributed by atoms with E-state index in [9.17, 15) is 18.0 Å². The van der Waals surface area contributed by atoms with E-state index in [4.69, 9.17) is 5.11 Å². The highest BCUT2D eigenvalue weighted by molar-refractivity contribution is 7.86. The number of aromatic nitrogens is 1. The molecule has 1 rings (SSSR count). The van der Waals surface area contributed by atoms with Crippen LogP contribution in [0.2, 0.25) is 0 Å². The predicted molar refractivity (Wildman–Crippen MR) is 63.1 cm³/mol. The first-order chi connectivity index (χ1) is 8.20. The molecule has 1 atom stereocenters. The summed E-state index contributed by atoms with van der Waals surface area (Å²) in [5, 5.41) is 8.77. The second-order valence-corrected chi connectivity index (χ2v) is 5.40. The monoisotopic (exact) mass is 275 g/mol. The third kappa shape index (κ3) is 3.97. The zero-order chi connectivity index (χ0) is 13.9. The molecular weight excluding hydrogens is 262 g/mol. The molecule has 0 aliphatic carbocycles. The number of carbonyl (C=O) groups is 1. The van der Waals surface area contributed by atoms with Crippen molar-refractivity contribution in [2.24, 2.45) is 0 Å². The van der Waals surface area contributed by atoms with Crippen LogP contribution in [0.1, 0.15) is 17.3 Å². The van der Waals surface area contributed by atoms with Gasteiger partial charge in [0.15, 0.2) is 0 Å². The van der Waals surface area contributed by atoms with Crippen LogP contribution < -0.4 is 5.56 Å². The van der Waals surface area contributed by atoms with Crippen molar-refractivity contribution in [3.8, 4) is 0 Å². The fraction of sp³-hybridized carbons (Fsp3) is 0.400. The number of pyridine rings is 1. The minimum Gasteiger partial charge on any atom is -0.477 e. The van der Waals surface area contributed by atoms with Crippen LogP contribution in [-0.4, -0.2) is 36.4 Å². The van der Waals surface area contributed by atoms with Gasteiger partial charge in [0.25, 0.3) is 15.7 Å². The van der Waals surface area contributed by atoms with Crippen molar-refractivity contribution in [1.29, 1.82) is 0 Å². The highest BCUT2D eigenvalue weighted by atomic mass is 32.2. The van der Waals surface area contributed by atoms with Crippen LogP contribution >= 0.6 is 0 Å². The number of rotatable bonds is 5. The van der Waals surface area contributed by atoms with E-state index in [0.29, 0.717) is 0 Å². The summed E-state index contributed by atoms with van der Waals surface area (Å²) < 4.78 is 27.5. The second kappa shape index (κ2) is 5.32. The number of carboxylic acid groups (broad SMARTS) is 1. The lowest BCUT2D eigenvalue weighted by Gasteiger charge is -2.13. The van der Waals surface area contributed by atoms with Gasteiger partial charge in [0.1, 0.15) is 5.56 Å². The van der Waals surface area contributed by atoms with Crippen molar-refractivity contribution in [3.63, 3.8) is 0 Å². The van der Waals surface area contributed by atoms with Gasteiger partial charge in [0, 0.05) is 6.20 Å². The summed E-state index contributed by atoms with van der Waals surface area (Å²) in [7, 11) is -3.61. The molecule has 1 heterocycles. The topological polar surface area (TPSA) is 103 Å². The fourth-order valence-corrected chi connectivity index (χ4v) is 2.11. The van der Waals surface area contributed by atoms with Gasteiger partial charge in [-0.3, -0.25) is 8.98 Å². The Morgan fingerprint density at radius 1 is 1.56 bits per heavy atom. The van der Waals surface area contributed by atoms with Gasteiger partial charge in [-0.25, -0.2) is 4.79 Å². The molecule has 1 aromatic rings. The van der Waals surface area contributed by atoms with Crippen LogP contribution in [0.15, 0.2) is 23.1 Å². The fourth-order valence-electron chi connectivity index (χ4n) is 1.45. The highest BCUT2D eigenvalue weighted by Crippen LogP contribution is 2.00. The van der Waals surface area contributed by atoms with Crippen molar-refractivity contribution in [1.82, 2.24) is 4.57 Å². The van der Waals surface area contributed by atoms with Crippen molar-refractivity contribution < 1.29 is 22.5 Å². The molecule has 100 valence electrons. The molecule has 0 saturated carbocycles. The lowest BCUT2D eigenvalue weighted by Crippen LogP contribution is -2.30. The molecule has 1 unspecified atom stereocenters. The van der Waals surface area contributed by atoms with Crippen molar-refractivity contribution >= 4 is 16.1 Å². The highest BCUT2D eigenvalue weighted by Gasteiger charge is 2.14. The number of nitrogens with zero attached hydrogens (tertiary/aromatic N) is 1. The minimum atomic E-state index is -3.61. The Hall–Kier alpha value is -1.67. The Morgan fingerprint density at radius 3 is 2.67 bits per heavy atom. The van der Waals surface area contributed by atoms with Crippen molar-refractivity contribution in [3.05, 3.63) is 34.2 Å². The van der Waals surface area contributed by atoms with E-state index >= 15 is 0 Å². The standard InChI is InChI=1S/C10H13NO6S/c1-7(17-18(2,15)16)6-11-5-3-4-8(9(11)12)10(13)14/h3-5,7H,6H2,1-2H3,(H,13,14). The predicted octanol–water partition coefficient (Wildman–Crippen LogP) is -0.0888. The smallest absolute Gasteiger partial charge is 0.341 e. The summed E-state index contributed by atoms with van der Waals surface area (Å²) in [5.74, 6) is -1.33. The normalized spacial score (nSPS) is 13.2.